The van der Waals surface area contributed by atoms with Gasteiger partial charge in [-0.25, -0.2) is 0 Å². The van der Waals surface area contributed by atoms with Gasteiger partial charge in [-0.3, -0.25) is 0 Å². The van der Waals surface area contributed by atoms with E-state index in [2.05, 4.69) is 17.1 Å². The maximum Gasteiger partial charge on any atom is 0.258 e. The normalized spacial score (nSPS) is 22.8. The van der Waals surface area contributed by atoms with Gasteiger partial charge in [-0.05, 0) is 43.4 Å². The lowest BCUT2D eigenvalue weighted by molar-refractivity contribution is 0.413. The van der Waals surface area contributed by atoms with Crippen molar-refractivity contribution >= 4 is 5.69 Å². The van der Waals surface area contributed by atoms with Crippen LogP contribution >= 0.6 is 0 Å². The number of nitrogen functional groups attached to an aromatic ring is 1. The predicted octanol–water partition coefficient (Wildman–Crippen LogP) is 3.61. The second kappa shape index (κ2) is 5.03. The molecule has 1 aromatic carbocycles. The summed E-state index contributed by atoms with van der Waals surface area (Å²) in [5, 5.41) is 4.15. The van der Waals surface area contributed by atoms with Crippen molar-refractivity contribution in [3.8, 4) is 11.5 Å². The number of benzene rings is 1. The summed E-state index contributed by atoms with van der Waals surface area (Å²) in [5.41, 5.74) is 7.38. The third-order valence-electron chi connectivity index (χ3n) is 4.06. The van der Waals surface area contributed by atoms with E-state index in [1.165, 1.54) is 25.7 Å². The fourth-order valence-electron chi connectivity index (χ4n) is 2.87. The van der Waals surface area contributed by atoms with E-state index >= 15 is 0 Å². The molecular weight excluding hydrogens is 238 g/mol. The standard InChI is InChI=1S/C15H19N3O/c1-2-10-6-7-11(8-10)14-17-15(19-18-14)12-4-3-5-13(16)9-12/h3-5,9-11H,2,6-8,16H2,1H3. The summed E-state index contributed by atoms with van der Waals surface area (Å²) in [6.07, 6.45) is 4.89. The third kappa shape index (κ3) is 2.48. The summed E-state index contributed by atoms with van der Waals surface area (Å²) < 4.78 is 5.37. The molecule has 1 fully saturated rings. The number of rotatable bonds is 3. The van der Waals surface area contributed by atoms with Gasteiger partial charge in [0.05, 0.1) is 0 Å². The molecule has 0 bridgehead atoms. The Morgan fingerprint density at radius 3 is 3.00 bits per heavy atom. The van der Waals surface area contributed by atoms with E-state index in [9.17, 15) is 0 Å². The number of nitrogens with two attached hydrogens (primary N) is 1. The summed E-state index contributed by atoms with van der Waals surface area (Å²) in [6, 6.07) is 7.55. The number of anilines is 1. The summed E-state index contributed by atoms with van der Waals surface area (Å²) >= 11 is 0. The Bertz CT molecular complexity index is 564. The van der Waals surface area contributed by atoms with E-state index in [0.717, 1.165) is 17.3 Å². The van der Waals surface area contributed by atoms with Crippen molar-refractivity contribution < 1.29 is 4.52 Å². The molecule has 0 radical (unpaired) electrons. The second-order valence-electron chi connectivity index (χ2n) is 5.37. The predicted molar refractivity (Wildman–Crippen MR) is 74.5 cm³/mol. The largest absolute Gasteiger partial charge is 0.399 e. The molecule has 2 N–H and O–H groups in total. The molecule has 3 rings (SSSR count). The molecule has 1 aliphatic rings. The van der Waals surface area contributed by atoms with Gasteiger partial charge in [-0.1, -0.05) is 24.6 Å². The second-order valence-corrected chi connectivity index (χ2v) is 5.37. The minimum atomic E-state index is 0.462. The number of nitrogens with zero attached hydrogens (tertiary/aromatic N) is 2. The molecule has 1 saturated carbocycles. The van der Waals surface area contributed by atoms with E-state index in [0.29, 0.717) is 17.5 Å². The maximum atomic E-state index is 5.77. The molecule has 2 aromatic rings. The van der Waals surface area contributed by atoms with Crippen LogP contribution in [0.25, 0.3) is 11.5 Å². The minimum absolute atomic E-state index is 0.462. The molecule has 2 unspecified atom stereocenters. The fraction of sp³-hybridized carbons (Fsp3) is 0.467. The Kier molecular flexibility index (Phi) is 3.23. The summed E-state index contributed by atoms with van der Waals surface area (Å²) in [7, 11) is 0. The van der Waals surface area contributed by atoms with Crippen LogP contribution < -0.4 is 5.73 Å². The Hall–Kier alpha value is -1.84. The third-order valence-corrected chi connectivity index (χ3v) is 4.06. The highest BCUT2D eigenvalue weighted by Crippen LogP contribution is 2.38. The van der Waals surface area contributed by atoms with Crippen LogP contribution in [0, 0.1) is 5.92 Å². The summed E-state index contributed by atoms with van der Waals surface area (Å²) in [6.45, 7) is 2.25. The highest BCUT2D eigenvalue weighted by Gasteiger charge is 2.28. The summed E-state index contributed by atoms with van der Waals surface area (Å²) in [5.74, 6) is 2.71. The van der Waals surface area contributed by atoms with Crippen molar-refractivity contribution in [3.63, 3.8) is 0 Å². The Morgan fingerprint density at radius 2 is 2.26 bits per heavy atom. The molecule has 0 aliphatic heterocycles. The minimum Gasteiger partial charge on any atom is -0.399 e. The molecule has 4 nitrogen and oxygen atoms in total. The molecular formula is C15H19N3O. The smallest absolute Gasteiger partial charge is 0.258 e. The van der Waals surface area contributed by atoms with Crippen LogP contribution in [0.4, 0.5) is 5.69 Å². The average molecular weight is 257 g/mol. The maximum absolute atomic E-state index is 5.77. The molecule has 1 aromatic heterocycles. The monoisotopic (exact) mass is 257 g/mol. The van der Waals surface area contributed by atoms with Crippen LogP contribution in [-0.4, -0.2) is 10.1 Å². The molecule has 100 valence electrons. The first kappa shape index (κ1) is 12.2. The zero-order chi connectivity index (χ0) is 13.2. The van der Waals surface area contributed by atoms with E-state index < -0.39 is 0 Å². The topological polar surface area (TPSA) is 64.9 Å². The number of hydrogen-bond acceptors (Lipinski definition) is 4. The van der Waals surface area contributed by atoms with Gasteiger partial charge in [0.2, 0.25) is 0 Å². The first-order valence-electron chi connectivity index (χ1n) is 6.95. The van der Waals surface area contributed by atoms with E-state index in [1.54, 1.807) is 0 Å². The number of aromatic nitrogens is 2. The van der Waals surface area contributed by atoms with Gasteiger partial charge in [0.25, 0.3) is 5.89 Å². The SMILES string of the molecule is CCC1CCC(c2noc(-c3cccc(N)c3)n2)C1. The molecule has 4 heteroatoms. The van der Waals surface area contributed by atoms with Crippen LogP contribution in [0.15, 0.2) is 28.8 Å². The van der Waals surface area contributed by atoms with Gasteiger partial charge < -0.3 is 10.3 Å². The van der Waals surface area contributed by atoms with Crippen molar-refractivity contribution in [3.05, 3.63) is 30.1 Å². The average Bonchev–Trinajstić information content (AvgIpc) is 3.07. The van der Waals surface area contributed by atoms with Gasteiger partial charge in [-0.15, -0.1) is 0 Å². The molecule has 1 heterocycles. The first-order valence-corrected chi connectivity index (χ1v) is 6.95. The van der Waals surface area contributed by atoms with Crippen LogP contribution in [0.1, 0.15) is 44.3 Å². The molecule has 0 saturated heterocycles. The van der Waals surface area contributed by atoms with Gasteiger partial charge in [0, 0.05) is 17.2 Å². The zero-order valence-corrected chi connectivity index (χ0v) is 11.2. The van der Waals surface area contributed by atoms with Gasteiger partial charge in [0.15, 0.2) is 5.82 Å². The highest BCUT2D eigenvalue weighted by molar-refractivity contribution is 5.59. The van der Waals surface area contributed by atoms with Crippen LogP contribution in [0.2, 0.25) is 0 Å². The Morgan fingerprint density at radius 1 is 1.37 bits per heavy atom. The first-order chi connectivity index (χ1) is 9.26. The van der Waals surface area contributed by atoms with Crippen LogP contribution in [-0.2, 0) is 0 Å². The number of hydrogen-bond donors (Lipinski definition) is 1. The Labute approximate surface area is 113 Å². The molecule has 0 spiro atoms. The van der Waals surface area contributed by atoms with Crippen LogP contribution in [0.5, 0.6) is 0 Å². The van der Waals surface area contributed by atoms with Crippen molar-refractivity contribution in [2.24, 2.45) is 5.92 Å². The molecule has 19 heavy (non-hydrogen) atoms. The Balaban J connectivity index is 1.80. The van der Waals surface area contributed by atoms with Crippen LogP contribution in [0.3, 0.4) is 0 Å². The van der Waals surface area contributed by atoms with Crippen molar-refractivity contribution in [2.75, 3.05) is 5.73 Å². The lowest BCUT2D eigenvalue weighted by atomic mass is 10.0. The van der Waals surface area contributed by atoms with E-state index in [-0.39, 0.29) is 0 Å². The molecule has 1 aliphatic carbocycles. The van der Waals surface area contributed by atoms with E-state index in [1.807, 2.05) is 24.3 Å². The fourth-order valence-corrected chi connectivity index (χ4v) is 2.87. The summed E-state index contributed by atoms with van der Waals surface area (Å²) in [4.78, 5) is 4.54. The van der Waals surface area contributed by atoms with Crippen molar-refractivity contribution in [1.29, 1.82) is 0 Å². The van der Waals surface area contributed by atoms with Gasteiger partial charge >= 0.3 is 0 Å². The van der Waals surface area contributed by atoms with E-state index in [4.69, 9.17) is 10.3 Å². The zero-order valence-electron chi connectivity index (χ0n) is 11.2. The highest BCUT2D eigenvalue weighted by atomic mass is 16.5. The quantitative estimate of drug-likeness (QED) is 0.853. The lowest BCUT2D eigenvalue weighted by Crippen LogP contribution is -1.97. The van der Waals surface area contributed by atoms with Gasteiger partial charge in [-0.2, -0.15) is 4.98 Å². The van der Waals surface area contributed by atoms with Gasteiger partial charge in [0.1, 0.15) is 0 Å². The molecule has 2 atom stereocenters. The lowest BCUT2D eigenvalue weighted by Gasteiger charge is -2.04. The van der Waals surface area contributed by atoms with Crippen molar-refractivity contribution in [1.82, 2.24) is 10.1 Å². The molecule has 0 amide bonds. The van der Waals surface area contributed by atoms with Crippen molar-refractivity contribution in [2.45, 2.75) is 38.5 Å².